The van der Waals surface area contributed by atoms with Crippen LogP contribution in [0.5, 0.6) is 0 Å². The lowest BCUT2D eigenvalue weighted by Gasteiger charge is -2.07. The van der Waals surface area contributed by atoms with Crippen LogP contribution in [0.4, 0.5) is 0 Å². The molecule has 2 aromatic carbocycles. The molecule has 3 rings (SSSR count). The predicted octanol–water partition coefficient (Wildman–Crippen LogP) is 4.72. The van der Waals surface area contributed by atoms with Crippen LogP contribution in [0.1, 0.15) is 15.9 Å². The van der Waals surface area contributed by atoms with E-state index in [0.29, 0.717) is 16.1 Å². The van der Waals surface area contributed by atoms with E-state index in [4.69, 9.17) is 11.6 Å². The zero-order valence-electron chi connectivity index (χ0n) is 10.3. The average molecular weight is 394 g/mol. The molecule has 0 bridgehead atoms. The van der Waals surface area contributed by atoms with Gasteiger partial charge in [-0.05, 0) is 52.2 Å². The van der Waals surface area contributed by atoms with Gasteiger partial charge in [-0.3, -0.25) is 9.78 Å². The van der Waals surface area contributed by atoms with Gasteiger partial charge in [-0.2, -0.15) is 0 Å². The minimum atomic E-state index is -0.0197. The van der Waals surface area contributed by atoms with Crippen LogP contribution in [-0.4, -0.2) is 10.8 Å². The van der Waals surface area contributed by atoms with Crippen molar-refractivity contribution in [1.82, 2.24) is 4.98 Å². The van der Waals surface area contributed by atoms with Gasteiger partial charge in [0.25, 0.3) is 0 Å². The highest BCUT2D eigenvalue weighted by Crippen LogP contribution is 2.25. The standard InChI is InChI=1S/C16H9ClINO/c17-11-4-5-15(18)14(8-11)16(20)13-3-1-2-10-9-19-7-6-12(10)13/h1-9H. The predicted molar refractivity (Wildman–Crippen MR) is 89.3 cm³/mol. The van der Waals surface area contributed by atoms with E-state index in [2.05, 4.69) is 27.6 Å². The van der Waals surface area contributed by atoms with Crippen molar-refractivity contribution in [3.8, 4) is 0 Å². The molecule has 0 radical (unpaired) electrons. The normalized spacial score (nSPS) is 10.7. The number of hydrogen-bond donors (Lipinski definition) is 0. The van der Waals surface area contributed by atoms with E-state index in [0.717, 1.165) is 14.3 Å². The number of halogens is 2. The summed E-state index contributed by atoms with van der Waals surface area (Å²) in [5, 5.41) is 2.43. The number of hydrogen-bond acceptors (Lipinski definition) is 2. The first kappa shape index (κ1) is 13.5. The largest absolute Gasteiger partial charge is 0.289 e. The molecule has 0 aliphatic heterocycles. The Balaban J connectivity index is 2.20. The van der Waals surface area contributed by atoms with E-state index >= 15 is 0 Å². The molecule has 2 nitrogen and oxygen atoms in total. The summed E-state index contributed by atoms with van der Waals surface area (Å²) in [5.74, 6) is -0.0197. The molecule has 0 aliphatic carbocycles. The Morgan fingerprint density at radius 1 is 1.10 bits per heavy atom. The topological polar surface area (TPSA) is 30.0 Å². The summed E-state index contributed by atoms with van der Waals surface area (Å²) in [6.07, 6.45) is 3.46. The van der Waals surface area contributed by atoms with Crippen molar-refractivity contribution < 1.29 is 4.79 Å². The van der Waals surface area contributed by atoms with Crippen molar-refractivity contribution >= 4 is 50.7 Å². The number of carbonyl (C=O) groups excluding carboxylic acids is 1. The van der Waals surface area contributed by atoms with Crippen LogP contribution in [0.15, 0.2) is 54.9 Å². The molecule has 0 saturated carbocycles. The van der Waals surface area contributed by atoms with Crippen LogP contribution in [0.2, 0.25) is 5.02 Å². The van der Waals surface area contributed by atoms with Gasteiger partial charge < -0.3 is 0 Å². The number of nitrogens with zero attached hydrogens (tertiary/aromatic N) is 1. The number of benzene rings is 2. The van der Waals surface area contributed by atoms with Gasteiger partial charge in [0.05, 0.1) is 0 Å². The van der Waals surface area contributed by atoms with E-state index < -0.39 is 0 Å². The molecule has 20 heavy (non-hydrogen) atoms. The molecular formula is C16H9ClINO. The minimum absolute atomic E-state index is 0.0197. The first-order valence-corrected chi connectivity index (χ1v) is 7.45. The number of ketones is 1. The SMILES string of the molecule is O=C(c1cc(Cl)ccc1I)c1cccc2cnccc12. The molecular weight excluding hydrogens is 385 g/mol. The average Bonchev–Trinajstić information content (AvgIpc) is 2.48. The van der Waals surface area contributed by atoms with Gasteiger partial charge in [0, 0.05) is 37.5 Å². The monoisotopic (exact) mass is 393 g/mol. The molecule has 0 unspecified atom stereocenters. The lowest BCUT2D eigenvalue weighted by atomic mass is 9.98. The maximum Gasteiger partial charge on any atom is 0.194 e. The van der Waals surface area contributed by atoms with E-state index in [1.165, 1.54) is 0 Å². The van der Waals surface area contributed by atoms with Crippen LogP contribution >= 0.6 is 34.2 Å². The summed E-state index contributed by atoms with van der Waals surface area (Å²) < 4.78 is 0.892. The van der Waals surface area contributed by atoms with Gasteiger partial charge in [0.2, 0.25) is 0 Å². The molecule has 0 fully saturated rings. The number of pyridine rings is 1. The van der Waals surface area contributed by atoms with Gasteiger partial charge in [-0.1, -0.05) is 29.8 Å². The molecule has 0 N–H and O–H groups in total. The fourth-order valence-electron chi connectivity index (χ4n) is 2.14. The second-order valence-corrected chi connectivity index (χ2v) is 5.95. The molecule has 0 spiro atoms. The molecule has 1 heterocycles. The Morgan fingerprint density at radius 2 is 1.95 bits per heavy atom. The summed E-state index contributed by atoms with van der Waals surface area (Å²) in [4.78, 5) is 16.8. The first-order chi connectivity index (χ1) is 9.66. The number of fused-ring (bicyclic) bond motifs is 1. The zero-order valence-corrected chi connectivity index (χ0v) is 13.2. The maximum absolute atomic E-state index is 12.7. The van der Waals surface area contributed by atoms with E-state index in [-0.39, 0.29) is 5.78 Å². The molecule has 0 aliphatic rings. The van der Waals surface area contributed by atoms with Crippen molar-refractivity contribution in [2.75, 3.05) is 0 Å². The highest BCUT2D eigenvalue weighted by atomic mass is 127. The molecule has 98 valence electrons. The van der Waals surface area contributed by atoms with Crippen molar-refractivity contribution in [2.45, 2.75) is 0 Å². The van der Waals surface area contributed by atoms with Crippen molar-refractivity contribution in [1.29, 1.82) is 0 Å². The van der Waals surface area contributed by atoms with Gasteiger partial charge in [-0.15, -0.1) is 0 Å². The van der Waals surface area contributed by atoms with Gasteiger partial charge in [0.1, 0.15) is 0 Å². The summed E-state index contributed by atoms with van der Waals surface area (Å²) >= 11 is 8.15. The second kappa shape index (κ2) is 5.50. The van der Waals surface area contributed by atoms with Gasteiger partial charge in [0.15, 0.2) is 5.78 Å². The maximum atomic E-state index is 12.7. The van der Waals surface area contributed by atoms with E-state index in [1.807, 2.05) is 30.3 Å². The highest BCUT2D eigenvalue weighted by Gasteiger charge is 2.15. The molecule has 0 atom stereocenters. The third-order valence-corrected chi connectivity index (χ3v) is 4.27. The summed E-state index contributed by atoms with van der Waals surface area (Å²) in [6.45, 7) is 0. The first-order valence-electron chi connectivity index (χ1n) is 5.99. The quantitative estimate of drug-likeness (QED) is 0.466. The summed E-state index contributed by atoms with van der Waals surface area (Å²) in [6, 6.07) is 12.9. The summed E-state index contributed by atoms with van der Waals surface area (Å²) in [7, 11) is 0. The number of carbonyl (C=O) groups is 1. The smallest absolute Gasteiger partial charge is 0.194 e. The fraction of sp³-hybridized carbons (Fsp3) is 0. The number of aromatic nitrogens is 1. The Bertz CT molecular complexity index is 811. The Kier molecular flexibility index (Phi) is 3.72. The third kappa shape index (κ3) is 2.43. The molecule has 0 amide bonds. The molecule has 0 saturated heterocycles. The van der Waals surface area contributed by atoms with Crippen LogP contribution in [0.25, 0.3) is 10.8 Å². The van der Waals surface area contributed by atoms with Crippen LogP contribution < -0.4 is 0 Å². The van der Waals surface area contributed by atoms with Crippen LogP contribution in [0, 0.1) is 3.57 Å². The van der Waals surface area contributed by atoms with Crippen molar-refractivity contribution in [2.24, 2.45) is 0 Å². The third-order valence-electron chi connectivity index (χ3n) is 3.10. The van der Waals surface area contributed by atoms with Crippen LogP contribution in [-0.2, 0) is 0 Å². The number of rotatable bonds is 2. The van der Waals surface area contributed by atoms with Gasteiger partial charge in [-0.25, -0.2) is 0 Å². The van der Waals surface area contributed by atoms with Gasteiger partial charge >= 0.3 is 0 Å². The van der Waals surface area contributed by atoms with E-state index in [9.17, 15) is 4.79 Å². The Hall–Kier alpha value is -1.46. The van der Waals surface area contributed by atoms with Crippen molar-refractivity contribution in [3.05, 3.63) is 74.6 Å². The minimum Gasteiger partial charge on any atom is -0.289 e. The fourth-order valence-corrected chi connectivity index (χ4v) is 2.89. The molecule has 4 heteroatoms. The lowest BCUT2D eigenvalue weighted by molar-refractivity contribution is 0.103. The molecule has 3 aromatic rings. The zero-order chi connectivity index (χ0) is 14.1. The highest BCUT2D eigenvalue weighted by molar-refractivity contribution is 14.1. The van der Waals surface area contributed by atoms with E-state index in [1.54, 1.807) is 24.5 Å². The Morgan fingerprint density at radius 3 is 2.80 bits per heavy atom. The molecule has 1 aromatic heterocycles. The summed E-state index contributed by atoms with van der Waals surface area (Å²) in [5.41, 5.74) is 1.30. The second-order valence-electron chi connectivity index (χ2n) is 4.36. The lowest BCUT2D eigenvalue weighted by Crippen LogP contribution is -2.04. The van der Waals surface area contributed by atoms with Crippen molar-refractivity contribution in [3.63, 3.8) is 0 Å². The van der Waals surface area contributed by atoms with Crippen LogP contribution in [0.3, 0.4) is 0 Å². The Labute approximate surface area is 134 Å².